The van der Waals surface area contributed by atoms with Crippen LogP contribution in [0.3, 0.4) is 0 Å². The molecule has 39 heavy (non-hydrogen) atoms. The van der Waals surface area contributed by atoms with Gasteiger partial charge in [0, 0.05) is 32.6 Å². The third-order valence-corrected chi connectivity index (χ3v) is 6.48. The number of hydrazone groups is 1. The summed E-state index contributed by atoms with van der Waals surface area (Å²) in [6.45, 7) is 1.94. The van der Waals surface area contributed by atoms with Gasteiger partial charge in [0.15, 0.2) is 0 Å². The van der Waals surface area contributed by atoms with E-state index in [9.17, 15) is 9.59 Å². The van der Waals surface area contributed by atoms with Gasteiger partial charge < -0.3 is 14.5 Å². The number of nitrogens with one attached hydrogen (secondary N) is 2. The van der Waals surface area contributed by atoms with Crippen LogP contribution in [0.4, 0.5) is 0 Å². The monoisotopic (exact) mass is 537 g/mol. The Morgan fingerprint density at radius 3 is 2.46 bits per heavy atom. The fourth-order valence-electron chi connectivity index (χ4n) is 4.16. The number of methoxy groups -OCH3 is 1. The molecule has 0 fully saturated rings. The number of carbonyl (C=O) groups is 2. The van der Waals surface area contributed by atoms with Crippen LogP contribution >= 0.6 is 11.6 Å². The molecule has 0 saturated carbocycles. The normalized spacial score (nSPS) is 11.1. The van der Waals surface area contributed by atoms with E-state index in [1.165, 1.54) is 6.21 Å². The third-order valence-electron chi connectivity index (χ3n) is 6.15. The summed E-state index contributed by atoms with van der Waals surface area (Å²) in [6.07, 6.45) is 1.43. The number of carbonyl (C=O) groups excluding carboxylic acids is 2. The molecule has 0 bridgehead atoms. The van der Waals surface area contributed by atoms with Crippen molar-refractivity contribution >= 4 is 40.6 Å². The molecule has 0 saturated heterocycles. The number of H-pyrrole nitrogens is 1. The Labute approximate surface area is 230 Å². The number of hydrogen-bond acceptors (Lipinski definition) is 5. The zero-order chi connectivity index (χ0) is 27.4. The van der Waals surface area contributed by atoms with Crippen molar-refractivity contribution in [2.75, 3.05) is 7.11 Å². The van der Waals surface area contributed by atoms with Gasteiger partial charge in [-0.25, -0.2) is 10.2 Å². The Balaban J connectivity index is 1.41. The minimum atomic E-state index is -0.488. The first kappa shape index (κ1) is 25.8. The largest absolute Gasteiger partial charge is 0.497 e. The summed E-state index contributed by atoms with van der Waals surface area (Å²) in [5, 5.41) is 5.42. The number of amides is 1. The van der Waals surface area contributed by atoms with Gasteiger partial charge in [-0.05, 0) is 55.5 Å². The van der Waals surface area contributed by atoms with Crippen LogP contribution in [0.5, 0.6) is 11.5 Å². The lowest BCUT2D eigenvalue weighted by atomic mass is 10.0. The Hall–Kier alpha value is -4.88. The van der Waals surface area contributed by atoms with Gasteiger partial charge in [-0.3, -0.25) is 4.79 Å². The zero-order valence-corrected chi connectivity index (χ0v) is 22.0. The number of ether oxygens (including phenoxy) is 2. The van der Waals surface area contributed by atoms with E-state index >= 15 is 0 Å². The van der Waals surface area contributed by atoms with Crippen molar-refractivity contribution in [3.8, 4) is 22.6 Å². The van der Waals surface area contributed by atoms with Gasteiger partial charge in [0.2, 0.25) is 0 Å². The summed E-state index contributed by atoms with van der Waals surface area (Å²) < 4.78 is 11.0. The van der Waals surface area contributed by atoms with Crippen molar-refractivity contribution in [3.05, 3.63) is 118 Å². The molecule has 8 heteroatoms. The lowest BCUT2D eigenvalue weighted by molar-refractivity contribution is 0.0734. The fraction of sp³-hybridized carbons (Fsp3) is 0.0645. The van der Waals surface area contributed by atoms with E-state index < -0.39 is 11.9 Å². The highest BCUT2D eigenvalue weighted by atomic mass is 35.5. The summed E-state index contributed by atoms with van der Waals surface area (Å²) in [5.74, 6) is 0.00958. The minimum absolute atomic E-state index is 0.294. The first-order chi connectivity index (χ1) is 18.9. The fourth-order valence-corrected chi connectivity index (χ4v) is 4.39. The van der Waals surface area contributed by atoms with E-state index in [0.717, 1.165) is 16.5 Å². The second-order valence-electron chi connectivity index (χ2n) is 8.76. The molecule has 0 atom stereocenters. The standard InChI is InChI=1S/C31H24ClN3O4/c1-19-11-13-20(14-12-19)31(37)39-27-10-6-3-7-21(27)18-33-35-30(36)29-28(23-8-4-5-9-25(23)32)24-17-22(38-2)15-16-26(24)34-29/h3-18,34H,1-2H3,(H,35,36). The number of fused-ring (bicyclic) bond motifs is 1. The average Bonchev–Trinajstić information content (AvgIpc) is 3.33. The second kappa shape index (κ2) is 11.2. The maximum Gasteiger partial charge on any atom is 0.343 e. The molecule has 0 aliphatic heterocycles. The van der Waals surface area contributed by atoms with Gasteiger partial charge in [0.05, 0.1) is 18.9 Å². The molecule has 194 valence electrons. The lowest BCUT2D eigenvalue weighted by Crippen LogP contribution is -2.19. The van der Waals surface area contributed by atoms with Crippen LogP contribution in [0.25, 0.3) is 22.0 Å². The highest BCUT2D eigenvalue weighted by molar-refractivity contribution is 6.34. The SMILES string of the molecule is COc1ccc2[nH]c(C(=O)NN=Cc3ccccc3OC(=O)c3ccc(C)cc3)c(-c3ccccc3Cl)c2c1. The van der Waals surface area contributed by atoms with Crippen molar-refractivity contribution in [1.29, 1.82) is 0 Å². The van der Waals surface area contributed by atoms with Crippen LogP contribution in [0, 0.1) is 6.92 Å². The number of hydrogen-bond donors (Lipinski definition) is 2. The Bertz CT molecular complexity index is 1710. The number of nitrogens with zero attached hydrogens (tertiary/aromatic N) is 1. The molecule has 2 N–H and O–H groups in total. The molecule has 4 aromatic carbocycles. The highest BCUT2D eigenvalue weighted by Gasteiger charge is 2.21. The molecular weight excluding hydrogens is 514 g/mol. The van der Waals surface area contributed by atoms with Gasteiger partial charge in [0.25, 0.3) is 5.91 Å². The van der Waals surface area contributed by atoms with E-state index in [2.05, 4.69) is 15.5 Å². The van der Waals surface area contributed by atoms with Crippen molar-refractivity contribution in [1.82, 2.24) is 10.4 Å². The first-order valence-corrected chi connectivity index (χ1v) is 12.5. The third kappa shape index (κ3) is 5.54. The number of aryl methyl sites for hydroxylation is 1. The van der Waals surface area contributed by atoms with E-state index in [1.807, 2.05) is 55.5 Å². The minimum Gasteiger partial charge on any atom is -0.497 e. The molecule has 0 aliphatic rings. The van der Waals surface area contributed by atoms with Gasteiger partial charge in [0.1, 0.15) is 17.2 Å². The van der Waals surface area contributed by atoms with Crippen LogP contribution in [0.15, 0.2) is 96.1 Å². The lowest BCUT2D eigenvalue weighted by Gasteiger charge is -2.08. The molecule has 0 aliphatic carbocycles. The second-order valence-corrected chi connectivity index (χ2v) is 9.17. The van der Waals surface area contributed by atoms with Crippen molar-refractivity contribution in [2.24, 2.45) is 5.10 Å². The topological polar surface area (TPSA) is 92.8 Å². The molecule has 1 amide bonds. The average molecular weight is 538 g/mol. The molecule has 1 aromatic heterocycles. The zero-order valence-electron chi connectivity index (χ0n) is 21.2. The van der Waals surface area contributed by atoms with E-state index in [0.29, 0.717) is 44.5 Å². The Morgan fingerprint density at radius 2 is 1.69 bits per heavy atom. The Kier molecular flexibility index (Phi) is 7.43. The van der Waals surface area contributed by atoms with E-state index in [4.69, 9.17) is 21.1 Å². The summed E-state index contributed by atoms with van der Waals surface area (Å²) >= 11 is 6.51. The predicted molar refractivity (Wildman–Crippen MR) is 153 cm³/mol. The molecule has 5 rings (SSSR count). The maximum absolute atomic E-state index is 13.3. The van der Waals surface area contributed by atoms with Crippen molar-refractivity contribution < 1.29 is 19.1 Å². The predicted octanol–water partition coefficient (Wildman–Crippen LogP) is 6.79. The number of aromatic nitrogens is 1. The van der Waals surface area contributed by atoms with Crippen molar-refractivity contribution in [3.63, 3.8) is 0 Å². The smallest absolute Gasteiger partial charge is 0.343 e. The number of esters is 1. The Morgan fingerprint density at radius 1 is 0.949 bits per heavy atom. The van der Waals surface area contributed by atoms with E-state index in [1.54, 1.807) is 49.6 Å². The van der Waals surface area contributed by atoms with Crippen LogP contribution in [0.2, 0.25) is 5.02 Å². The van der Waals surface area contributed by atoms with Crippen LogP contribution in [0.1, 0.15) is 32.0 Å². The highest BCUT2D eigenvalue weighted by Crippen LogP contribution is 2.38. The summed E-state index contributed by atoms with van der Waals surface area (Å²) in [6, 6.07) is 26.8. The number of rotatable bonds is 7. The van der Waals surface area contributed by atoms with Crippen LogP contribution in [-0.2, 0) is 0 Å². The molecule has 0 unspecified atom stereocenters. The molecule has 0 radical (unpaired) electrons. The number of halogens is 1. The maximum atomic E-state index is 13.3. The van der Waals surface area contributed by atoms with Crippen molar-refractivity contribution in [2.45, 2.75) is 6.92 Å². The summed E-state index contributed by atoms with van der Waals surface area (Å²) in [4.78, 5) is 29.1. The van der Waals surface area contributed by atoms with E-state index in [-0.39, 0.29) is 0 Å². The first-order valence-electron chi connectivity index (χ1n) is 12.1. The van der Waals surface area contributed by atoms with Gasteiger partial charge in [-0.15, -0.1) is 0 Å². The number of aromatic amines is 1. The van der Waals surface area contributed by atoms with Crippen LogP contribution in [-0.4, -0.2) is 30.2 Å². The number of benzene rings is 4. The summed E-state index contributed by atoms with van der Waals surface area (Å²) in [7, 11) is 1.58. The summed E-state index contributed by atoms with van der Waals surface area (Å²) in [5.41, 5.74) is 6.93. The number of para-hydroxylation sites is 1. The molecule has 7 nitrogen and oxygen atoms in total. The quantitative estimate of drug-likeness (QED) is 0.103. The van der Waals surface area contributed by atoms with Gasteiger partial charge in [-0.2, -0.15) is 5.10 Å². The van der Waals surface area contributed by atoms with Gasteiger partial charge >= 0.3 is 5.97 Å². The molecular formula is C31H24ClN3O4. The van der Waals surface area contributed by atoms with Crippen LogP contribution < -0.4 is 14.9 Å². The van der Waals surface area contributed by atoms with Gasteiger partial charge in [-0.1, -0.05) is 59.6 Å². The molecule has 0 spiro atoms. The molecule has 1 heterocycles. The molecule has 5 aromatic rings.